The predicted molar refractivity (Wildman–Crippen MR) is 58.0 cm³/mol. The maximum Gasteiger partial charge on any atom is 0.107 e. The number of fused-ring (bicyclic) bond motifs is 1. The van der Waals surface area contributed by atoms with E-state index in [9.17, 15) is 0 Å². The molecule has 0 fully saturated rings. The molecule has 0 aliphatic heterocycles. The highest BCUT2D eigenvalue weighted by molar-refractivity contribution is 5.74. The molecular formula is C11H15N3. The van der Waals surface area contributed by atoms with Crippen molar-refractivity contribution < 1.29 is 0 Å². The second-order valence-corrected chi connectivity index (χ2v) is 3.75. The van der Waals surface area contributed by atoms with E-state index in [1.165, 1.54) is 0 Å². The zero-order chi connectivity index (χ0) is 9.97. The van der Waals surface area contributed by atoms with Gasteiger partial charge in [-0.3, -0.25) is 0 Å². The number of benzene rings is 1. The Morgan fingerprint density at radius 1 is 1.43 bits per heavy atom. The van der Waals surface area contributed by atoms with Gasteiger partial charge in [-0.15, -0.1) is 0 Å². The van der Waals surface area contributed by atoms with E-state index in [2.05, 4.69) is 16.9 Å². The van der Waals surface area contributed by atoms with Crippen molar-refractivity contribution in [2.75, 3.05) is 6.54 Å². The molecule has 1 heterocycles. The number of imidazole rings is 1. The van der Waals surface area contributed by atoms with E-state index < -0.39 is 0 Å². The Balaban J connectivity index is 2.27. The molecule has 74 valence electrons. The van der Waals surface area contributed by atoms with Crippen molar-refractivity contribution in [2.24, 2.45) is 11.7 Å². The van der Waals surface area contributed by atoms with Gasteiger partial charge >= 0.3 is 0 Å². The summed E-state index contributed by atoms with van der Waals surface area (Å²) in [5, 5.41) is 0. The standard InChI is InChI=1S/C11H15N3/c1-8(7-12)6-11-13-9-4-2-3-5-10(9)14-11/h2-5,8H,6-7,12H2,1H3,(H,13,14). The number of nitrogens with one attached hydrogen (secondary N) is 1. The Hall–Kier alpha value is -1.35. The third-order valence-corrected chi connectivity index (χ3v) is 2.38. The molecule has 2 rings (SSSR count). The second-order valence-electron chi connectivity index (χ2n) is 3.75. The lowest BCUT2D eigenvalue weighted by Crippen LogP contribution is -2.13. The maximum atomic E-state index is 5.57. The summed E-state index contributed by atoms with van der Waals surface area (Å²) in [7, 11) is 0. The Morgan fingerprint density at radius 2 is 2.21 bits per heavy atom. The van der Waals surface area contributed by atoms with E-state index in [1.54, 1.807) is 0 Å². The predicted octanol–water partition coefficient (Wildman–Crippen LogP) is 1.70. The zero-order valence-electron chi connectivity index (χ0n) is 8.33. The number of nitrogens with two attached hydrogens (primary N) is 1. The first kappa shape index (κ1) is 9.21. The van der Waals surface area contributed by atoms with E-state index >= 15 is 0 Å². The molecule has 0 bridgehead atoms. The van der Waals surface area contributed by atoms with Gasteiger partial charge in [0.05, 0.1) is 11.0 Å². The third-order valence-electron chi connectivity index (χ3n) is 2.38. The molecule has 1 aromatic heterocycles. The van der Waals surface area contributed by atoms with E-state index in [0.29, 0.717) is 12.5 Å². The van der Waals surface area contributed by atoms with Crippen LogP contribution in [0.25, 0.3) is 11.0 Å². The Kier molecular flexibility index (Phi) is 2.50. The number of para-hydroxylation sites is 2. The smallest absolute Gasteiger partial charge is 0.107 e. The minimum Gasteiger partial charge on any atom is -0.342 e. The highest BCUT2D eigenvalue weighted by atomic mass is 14.9. The first-order valence-electron chi connectivity index (χ1n) is 4.93. The Morgan fingerprint density at radius 3 is 2.93 bits per heavy atom. The fourth-order valence-corrected chi connectivity index (χ4v) is 1.52. The van der Waals surface area contributed by atoms with Gasteiger partial charge in [0.25, 0.3) is 0 Å². The minimum atomic E-state index is 0.482. The summed E-state index contributed by atoms with van der Waals surface area (Å²) in [6.45, 7) is 2.84. The lowest BCUT2D eigenvalue weighted by atomic mass is 10.1. The average Bonchev–Trinajstić information content (AvgIpc) is 2.59. The summed E-state index contributed by atoms with van der Waals surface area (Å²) < 4.78 is 0. The first-order chi connectivity index (χ1) is 6.79. The number of hydrogen-bond donors (Lipinski definition) is 2. The molecule has 3 heteroatoms. The maximum absolute atomic E-state index is 5.57. The molecule has 0 saturated carbocycles. The van der Waals surface area contributed by atoms with Crippen molar-refractivity contribution in [3.8, 4) is 0 Å². The minimum absolute atomic E-state index is 0.482. The summed E-state index contributed by atoms with van der Waals surface area (Å²) in [5.41, 5.74) is 7.71. The quantitative estimate of drug-likeness (QED) is 0.772. The van der Waals surface area contributed by atoms with Crippen LogP contribution >= 0.6 is 0 Å². The van der Waals surface area contributed by atoms with Gasteiger partial charge in [0.1, 0.15) is 5.82 Å². The van der Waals surface area contributed by atoms with Crippen LogP contribution in [0.4, 0.5) is 0 Å². The lowest BCUT2D eigenvalue weighted by Gasteiger charge is -2.03. The van der Waals surface area contributed by atoms with Crippen LogP contribution in [0, 0.1) is 5.92 Å². The lowest BCUT2D eigenvalue weighted by molar-refractivity contribution is 0.578. The van der Waals surface area contributed by atoms with Crippen LogP contribution in [-0.4, -0.2) is 16.5 Å². The number of rotatable bonds is 3. The van der Waals surface area contributed by atoms with Gasteiger partial charge in [0.2, 0.25) is 0 Å². The van der Waals surface area contributed by atoms with Gasteiger partial charge in [-0.05, 0) is 24.6 Å². The molecule has 0 amide bonds. The molecule has 1 unspecified atom stereocenters. The molecule has 0 aliphatic rings. The summed E-state index contributed by atoms with van der Waals surface area (Å²) in [6, 6.07) is 8.07. The molecule has 1 aromatic carbocycles. The van der Waals surface area contributed by atoms with Crippen LogP contribution in [0.1, 0.15) is 12.7 Å². The van der Waals surface area contributed by atoms with Gasteiger partial charge in [-0.1, -0.05) is 19.1 Å². The van der Waals surface area contributed by atoms with Gasteiger partial charge in [-0.2, -0.15) is 0 Å². The molecule has 14 heavy (non-hydrogen) atoms. The molecule has 1 atom stereocenters. The number of hydrogen-bond acceptors (Lipinski definition) is 2. The molecule has 0 saturated heterocycles. The fraction of sp³-hybridized carbons (Fsp3) is 0.364. The van der Waals surface area contributed by atoms with Gasteiger partial charge in [-0.25, -0.2) is 4.98 Å². The molecule has 0 spiro atoms. The van der Waals surface area contributed by atoms with Gasteiger partial charge in [0, 0.05) is 6.42 Å². The number of nitrogens with zero attached hydrogens (tertiary/aromatic N) is 1. The number of aromatic amines is 1. The summed E-state index contributed by atoms with van der Waals surface area (Å²) in [6.07, 6.45) is 0.922. The Bertz CT molecular complexity index is 386. The van der Waals surface area contributed by atoms with Crippen LogP contribution in [0.5, 0.6) is 0 Å². The number of H-pyrrole nitrogens is 1. The molecular weight excluding hydrogens is 174 g/mol. The summed E-state index contributed by atoms with van der Waals surface area (Å²) >= 11 is 0. The molecule has 2 aromatic rings. The van der Waals surface area contributed by atoms with Crippen LogP contribution in [0.3, 0.4) is 0 Å². The van der Waals surface area contributed by atoms with Crippen LogP contribution in [0.15, 0.2) is 24.3 Å². The van der Waals surface area contributed by atoms with Crippen molar-refractivity contribution >= 4 is 11.0 Å². The average molecular weight is 189 g/mol. The van der Waals surface area contributed by atoms with Gasteiger partial charge in [0.15, 0.2) is 0 Å². The van der Waals surface area contributed by atoms with E-state index in [-0.39, 0.29) is 0 Å². The zero-order valence-corrected chi connectivity index (χ0v) is 8.33. The van der Waals surface area contributed by atoms with Crippen LogP contribution in [0.2, 0.25) is 0 Å². The van der Waals surface area contributed by atoms with Crippen molar-refractivity contribution in [1.82, 2.24) is 9.97 Å². The molecule has 3 nitrogen and oxygen atoms in total. The summed E-state index contributed by atoms with van der Waals surface area (Å²) in [4.78, 5) is 7.78. The highest BCUT2D eigenvalue weighted by Gasteiger charge is 2.05. The first-order valence-corrected chi connectivity index (χ1v) is 4.93. The fourth-order valence-electron chi connectivity index (χ4n) is 1.52. The van der Waals surface area contributed by atoms with E-state index in [1.807, 2.05) is 24.3 Å². The van der Waals surface area contributed by atoms with Crippen molar-refractivity contribution in [3.05, 3.63) is 30.1 Å². The molecule has 0 radical (unpaired) electrons. The van der Waals surface area contributed by atoms with E-state index in [4.69, 9.17) is 5.73 Å². The van der Waals surface area contributed by atoms with Crippen molar-refractivity contribution in [3.63, 3.8) is 0 Å². The normalized spacial score (nSPS) is 13.3. The number of aromatic nitrogens is 2. The molecule has 0 aliphatic carbocycles. The Labute approximate surface area is 83.3 Å². The SMILES string of the molecule is CC(CN)Cc1nc2ccccc2[nH]1. The van der Waals surface area contributed by atoms with Crippen molar-refractivity contribution in [1.29, 1.82) is 0 Å². The van der Waals surface area contributed by atoms with Crippen LogP contribution < -0.4 is 5.73 Å². The topological polar surface area (TPSA) is 54.7 Å². The summed E-state index contributed by atoms with van der Waals surface area (Å²) in [5.74, 6) is 1.51. The monoisotopic (exact) mass is 189 g/mol. The third kappa shape index (κ3) is 1.77. The van der Waals surface area contributed by atoms with Crippen LogP contribution in [-0.2, 0) is 6.42 Å². The highest BCUT2D eigenvalue weighted by Crippen LogP contribution is 2.12. The van der Waals surface area contributed by atoms with Gasteiger partial charge < -0.3 is 10.7 Å². The molecule has 3 N–H and O–H groups in total. The second kappa shape index (κ2) is 3.80. The van der Waals surface area contributed by atoms with Crippen molar-refractivity contribution in [2.45, 2.75) is 13.3 Å². The van der Waals surface area contributed by atoms with E-state index in [0.717, 1.165) is 23.3 Å². The largest absolute Gasteiger partial charge is 0.342 e.